The number of ether oxygens (including phenoxy) is 1. The van der Waals surface area contributed by atoms with Crippen LogP contribution in [0.5, 0.6) is 5.75 Å². The Kier molecular flexibility index (Phi) is 5.52. The summed E-state index contributed by atoms with van der Waals surface area (Å²) in [7, 11) is 9.98. The molecule has 0 fully saturated rings. The van der Waals surface area contributed by atoms with Crippen LogP contribution in [0.3, 0.4) is 0 Å². The summed E-state index contributed by atoms with van der Waals surface area (Å²) in [6.45, 7) is 3.70. The first-order valence-corrected chi connectivity index (χ1v) is 8.13. The molecule has 0 saturated heterocycles. The van der Waals surface area contributed by atoms with Crippen LogP contribution in [0.2, 0.25) is 0 Å². The standard InChI is InChI=1S/C18H29N3O2/c1-13-11-21(6)18(22)10-14-9-15(20(4)5)7-8-16(14)23-17(13)12-19(2)3/h7-9,13,17H,10-12H2,1-6H3/t13-,17+/m1/s1. The van der Waals surface area contributed by atoms with Gasteiger partial charge in [0.05, 0.1) is 6.42 Å². The molecule has 5 nitrogen and oxygen atoms in total. The SMILES string of the molecule is C[C@@H]1CN(C)C(=O)Cc2cc(N(C)C)ccc2O[C@H]1CN(C)C. The molecule has 1 heterocycles. The summed E-state index contributed by atoms with van der Waals surface area (Å²) in [5.41, 5.74) is 2.05. The zero-order valence-electron chi connectivity index (χ0n) is 15.2. The lowest BCUT2D eigenvalue weighted by Gasteiger charge is -2.29. The Hall–Kier alpha value is -1.75. The Bertz CT molecular complexity index is 557. The van der Waals surface area contributed by atoms with E-state index in [9.17, 15) is 4.79 Å². The molecule has 0 spiro atoms. The highest BCUT2D eigenvalue weighted by atomic mass is 16.5. The van der Waals surface area contributed by atoms with Gasteiger partial charge in [0, 0.05) is 51.4 Å². The van der Waals surface area contributed by atoms with Crippen LogP contribution in [0.15, 0.2) is 18.2 Å². The zero-order valence-corrected chi connectivity index (χ0v) is 15.2. The van der Waals surface area contributed by atoms with E-state index >= 15 is 0 Å². The van der Waals surface area contributed by atoms with Crippen molar-refractivity contribution in [1.82, 2.24) is 9.80 Å². The summed E-state index contributed by atoms with van der Waals surface area (Å²) < 4.78 is 6.33. The van der Waals surface area contributed by atoms with Crippen LogP contribution in [0.25, 0.3) is 0 Å². The van der Waals surface area contributed by atoms with Crippen molar-refractivity contribution in [3.05, 3.63) is 23.8 Å². The number of amides is 1. The van der Waals surface area contributed by atoms with Crippen molar-refractivity contribution in [2.45, 2.75) is 19.4 Å². The third-order valence-corrected chi connectivity index (χ3v) is 4.35. The lowest BCUT2D eigenvalue weighted by atomic mass is 10.0. The van der Waals surface area contributed by atoms with Crippen LogP contribution < -0.4 is 9.64 Å². The molecular weight excluding hydrogens is 290 g/mol. The van der Waals surface area contributed by atoms with Crippen LogP contribution in [0.4, 0.5) is 5.69 Å². The normalized spacial score (nSPS) is 22.0. The maximum Gasteiger partial charge on any atom is 0.226 e. The molecule has 1 amide bonds. The Labute approximate surface area is 139 Å². The third kappa shape index (κ3) is 4.38. The molecule has 23 heavy (non-hydrogen) atoms. The van der Waals surface area contributed by atoms with Gasteiger partial charge in [-0.1, -0.05) is 6.92 Å². The summed E-state index contributed by atoms with van der Waals surface area (Å²) in [5.74, 6) is 1.24. The fraction of sp³-hybridized carbons (Fsp3) is 0.611. The smallest absolute Gasteiger partial charge is 0.226 e. The van der Waals surface area contributed by atoms with Crippen molar-refractivity contribution in [2.75, 3.05) is 53.2 Å². The maximum absolute atomic E-state index is 12.5. The van der Waals surface area contributed by atoms with Crippen molar-refractivity contribution in [3.8, 4) is 5.75 Å². The number of hydrogen-bond donors (Lipinski definition) is 0. The van der Waals surface area contributed by atoms with E-state index in [4.69, 9.17) is 4.74 Å². The molecule has 1 aromatic rings. The van der Waals surface area contributed by atoms with Gasteiger partial charge in [0.1, 0.15) is 11.9 Å². The molecule has 2 rings (SSSR count). The van der Waals surface area contributed by atoms with Gasteiger partial charge in [0.25, 0.3) is 0 Å². The lowest BCUT2D eigenvalue weighted by Crippen LogP contribution is -2.41. The van der Waals surface area contributed by atoms with E-state index in [1.54, 1.807) is 0 Å². The number of hydrogen-bond acceptors (Lipinski definition) is 4. The summed E-state index contributed by atoms with van der Waals surface area (Å²) in [6, 6.07) is 6.10. The molecule has 0 N–H and O–H groups in total. The number of carbonyl (C=O) groups is 1. The first-order valence-electron chi connectivity index (χ1n) is 8.13. The molecule has 0 saturated carbocycles. The molecule has 128 valence electrons. The first kappa shape index (κ1) is 17.6. The van der Waals surface area contributed by atoms with Crippen LogP contribution in [-0.2, 0) is 11.2 Å². The van der Waals surface area contributed by atoms with Crippen molar-refractivity contribution in [3.63, 3.8) is 0 Å². The molecule has 0 aromatic heterocycles. The molecular formula is C18H29N3O2. The quantitative estimate of drug-likeness (QED) is 0.850. The number of anilines is 1. The fourth-order valence-corrected chi connectivity index (χ4v) is 2.90. The minimum absolute atomic E-state index is 0.0577. The number of rotatable bonds is 3. The Morgan fingerprint density at radius 2 is 1.96 bits per heavy atom. The summed E-state index contributed by atoms with van der Waals surface area (Å²) in [6.07, 6.45) is 0.442. The summed E-state index contributed by atoms with van der Waals surface area (Å²) in [5, 5.41) is 0. The molecule has 0 bridgehead atoms. The number of nitrogens with zero attached hydrogens (tertiary/aromatic N) is 3. The van der Waals surface area contributed by atoms with Gasteiger partial charge in [-0.05, 0) is 32.3 Å². The van der Waals surface area contributed by atoms with E-state index in [0.29, 0.717) is 13.0 Å². The van der Waals surface area contributed by atoms with Gasteiger partial charge >= 0.3 is 0 Å². The van der Waals surface area contributed by atoms with Gasteiger partial charge in [-0.15, -0.1) is 0 Å². The summed E-state index contributed by atoms with van der Waals surface area (Å²) >= 11 is 0. The molecule has 0 aliphatic carbocycles. The van der Waals surface area contributed by atoms with Crippen molar-refractivity contribution in [1.29, 1.82) is 0 Å². The Morgan fingerprint density at radius 3 is 2.57 bits per heavy atom. The van der Waals surface area contributed by atoms with Gasteiger partial charge in [-0.2, -0.15) is 0 Å². The highest BCUT2D eigenvalue weighted by molar-refractivity contribution is 5.80. The monoisotopic (exact) mass is 319 g/mol. The Balaban J connectivity index is 2.40. The van der Waals surface area contributed by atoms with Crippen LogP contribution in [0, 0.1) is 5.92 Å². The van der Waals surface area contributed by atoms with Crippen molar-refractivity contribution < 1.29 is 9.53 Å². The summed E-state index contributed by atoms with van der Waals surface area (Å²) in [4.78, 5) is 18.5. The number of fused-ring (bicyclic) bond motifs is 1. The molecule has 2 atom stereocenters. The van der Waals surface area contributed by atoms with E-state index in [1.807, 2.05) is 57.2 Å². The minimum Gasteiger partial charge on any atom is -0.488 e. The number of carbonyl (C=O) groups excluding carboxylic acids is 1. The van der Waals surface area contributed by atoms with Crippen LogP contribution in [0.1, 0.15) is 12.5 Å². The van der Waals surface area contributed by atoms with Crippen molar-refractivity contribution >= 4 is 11.6 Å². The second-order valence-electron chi connectivity index (χ2n) is 7.03. The highest BCUT2D eigenvalue weighted by Gasteiger charge is 2.27. The number of benzene rings is 1. The van der Waals surface area contributed by atoms with E-state index in [2.05, 4.69) is 17.9 Å². The van der Waals surface area contributed by atoms with Gasteiger partial charge in [0.2, 0.25) is 5.91 Å². The molecule has 0 radical (unpaired) electrons. The third-order valence-electron chi connectivity index (χ3n) is 4.35. The topological polar surface area (TPSA) is 36.0 Å². The average Bonchev–Trinajstić information content (AvgIpc) is 2.49. The molecule has 1 aliphatic heterocycles. The molecule has 5 heteroatoms. The first-order chi connectivity index (χ1) is 10.8. The lowest BCUT2D eigenvalue weighted by molar-refractivity contribution is -0.129. The Morgan fingerprint density at radius 1 is 1.26 bits per heavy atom. The van der Waals surface area contributed by atoms with Crippen LogP contribution in [-0.4, -0.2) is 70.1 Å². The zero-order chi connectivity index (χ0) is 17.1. The van der Waals surface area contributed by atoms with Crippen LogP contribution >= 0.6 is 0 Å². The maximum atomic E-state index is 12.5. The second-order valence-corrected chi connectivity index (χ2v) is 7.03. The van der Waals surface area contributed by atoms with E-state index in [0.717, 1.165) is 23.5 Å². The van der Waals surface area contributed by atoms with E-state index < -0.39 is 0 Å². The highest BCUT2D eigenvalue weighted by Crippen LogP contribution is 2.29. The predicted octanol–water partition coefficient (Wildman–Crippen LogP) is 1.71. The van der Waals surface area contributed by atoms with Gasteiger partial charge in [0.15, 0.2) is 0 Å². The average molecular weight is 319 g/mol. The van der Waals surface area contributed by atoms with Gasteiger partial charge in [-0.25, -0.2) is 0 Å². The largest absolute Gasteiger partial charge is 0.488 e. The van der Waals surface area contributed by atoms with Crippen molar-refractivity contribution in [2.24, 2.45) is 5.92 Å². The van der Waals surface area contributed by atoms with Gasteiger partial charge < -0.3 is 19.4 Å². The molecule has 1 aromatic carbocycles. The van der Waals surface area contributed by atoms with E-state index in [1.165, 1.54) is 0 Å². The van der Waals surface area contributed by atoms with E-state index in [-0.39, 0.29) is 17.9 Å². The minimum atomic E-state index is 0.0577. The number of likely N-dealkylation sites (N-methyl/N-ethyl adjacent to an activating group) is 2. The molecule has 0 unspecified atom stereocenters. The molecule has 1 aliphatic rings. The fourth-order valence-electron chi connectivity index (χ4n) is 2.90. The van der Waals surface area contributed by atoms with Gasteiger partial charge in [-0.3, -0.25) is 4.79 Å². The second kappa shape index (κ2) is 7.21. The predicted molar refractivity (Wildman–Crippen MR) is 94.2 cm³/mol.